The Labute approximate surface area is 162 Å². The Hall–Kier alpha value is -2.60. The molecule has 1 heterocycles. The molecule has 0 unspecified atom stereocenters. The number of likely N-dealkylation sites (N-methyl/N-ethyl adjacent to an activating group) is 1. The van der Waals surface area contributed by atoms with Crippen LogP contribution in [0, 0.1) is 5.82 Å². The van der Waals surface area contributed by atoms with Crippen molar-refractivity contribution in [1.82, 2.24) is 4.90 Å². The highest BCUT2D eigenvalue weighted by atomic mass is 32.2. The fourth-order valence-electron chi connectivity index (χ4n) is 2.65. The van der Waals surface area contributed by atoms with Crippen LogP contribution in [0.1, 0.15) is 25.0 Å². The van der Waals surface area contributed by atoms with Crippen molar-refractivity contribution in [3.63, 3.8) is 0 Å². The lowest BCUT2D eigenvalue weighted by Crippen LogP contribution is -2.28. The third-order valence-electron chi connectivity index (χ3n) is 4.01. The molecule has 1 fully saturated rings. The van der Waals surface area contributed by atoms with Gasteiger partial charge in [0.25, 0.3) is 5.91 Å². The van der Waals surface area contributed by atoms with Crippen LogP contribution in [-0.4, -0.2) is 29.1 Å². The molecule has 0 N–H and O–H groups in total. The zero-order chi connectivity index (χ0) is 19.2. The van der Waals surface area contributed by atoms with E-state index in [1.807, 2.05) is 44.2 Å². The number of carbonyl (C=O) groups is 1. The van der Waals surface area contributed by atoms with Gasteiger partial charge in [-0.05, 0) is 55.4 Å². The number of amidine groups is 1. The fraction of sp³-hybridized carbons (Fsp3) is 0.238. The molecule has 6 heteroatoms. The van der Waals surface area contributed by atoms with Crippen molar-refractivity contribution in [2.24, 2.45) is 4.99 Å². The third-order valence-corrected chi connectivity index (χ3v) is 5.06. The Morgan fingerprint density at radius 3 is 2.59 bits per heavy atom. The minimum atomic E-state index is -0.273. The van der Waals surface area contributed by atoms with Crippen molar-refractivity contribution in [1.29, 1.82) is 0 Å². The molecule has 4 nitrogen and oxygen atoms in total. The van der Waals surface area contributed by atoms with E-state index in [9.17, 15) is 9.18 Å². The average molecular weight is 384 g/mol. The van der Waals surface area contributed by atoms with Gasteiger partial charge in [0.2, 0.25) is 0 Å². The van der Waals surface area contributed by atoms with Gasteiger partial charge in [0, 0.05) is 18.7 Å². The van der Waals surface area contributed by atoms with Gasteiger partial charge >= 0.3 is 0 Å². The Bertz CT molecular complexity index is 878. The minimum Gasteiger partial charge on any atom is -0.488 e. The number of ether oxygens (including phenoxy) is 1. The van der Waals surface area contributed by atoms with Crippen molar-refractivity contribution in [2.75, 3.05) is 13.1 Å². The first-order chi connectivity index (χ1) is 13.1. The predicted molar refractivity (Wildman–Crippen MR) is 108 cm³/mol. The molecular formula is C21H21FN2O2S. The van der Waals surface area contributed by atoms with E-state index in [0.717, 1.165) is 16.3 Å². The lowest BCUT2D eigenvalue weighted by molar-refractivity contribution is -0.122. The number of rotatable bonds is 6. The number of hydrogen-bond donors (Lipinski definition) is 0. The summed E-state index contributed by atoms with van der Waals surface area (Å²) in [4.78, 5) is 19.3. The number of amides is 1. The summed E-state index contributed by atoms with van der Waals surface area (Å²) in [5, 5.41) is 0.737. The van der Waals surface area contributed by atoms with E-state index >= 15 is 0 Å². The molecule has 0 saturated carbocycles. The number of hydrogen-bond acceptors (Lipinski definition) is 4. The second-order valence-corrected chi connectivity index (χ2v) is 6.88. The maximum atomic E-state index is 13.0. The van der Waals surface area contributed by atoms with Crippen molar-refractivity contribution < 1.29 is 13.9 Å². The highest BCUT2D eigenvalue weighted by Gasteiger charge is 2.31. The molecule has 0 radical (unpaired) electrons. The molecule has 0 aliphatic carbocycles. The quantitative estimate of drug-likeness (QED) is 0.677. The fourth-order valence-corrected chi connectivity index (χ4v) is 3.75. The van der Waals surface area contributed by atoms with E-state index < -0.39 is 0 Å². The largest absolute Gasteiger partial charge is 0.488 e. The number of thioether (sulfide) groups is 1. The summed E-state index contributed by atoms with van der Waals surface area (Å²) < 4.78 is 18.9. The summed E-state index contributed by atoms with van der Waals surface area (Å²) in [5.41, 5.74) is 1.70. The SMILES string of the molecule is CCN=C1S/C(=C/c2ccccc2OCc2ccc(F)cc2)C(=O)N1CC. The van der Waals surface area contributed by atoms with E-state index in [1.165, 1.54) is 23.9 Å². The van der Waals surface area contributed by atoms with Crippen LogP contribution >= 0.6 is 11.8 Å². The van der Waals surface area contributed by atoms with Crippen molar-refractivity contribution in [2.45, 2.75) is 20.5 Å². The first-order valence-electron chi connectivity index (χ1n) is 8.84. The molecule has 1 amide bonds. The van der Waals surface area contributed by atoms with Crippen LogP contribution in [0.4, 0.5) is 4.39 Å². The van der Waals surface area contributed by atoms with Crippen LogP contribution in [0.25, 0.3) is 6.08 Å². The molecule has 0 spiro atoms. The Kier molecular flexibility index (Phi) is 6.29. The molecule has 1 aliphatic heterocycles. The van der Waals surface area contributed by atoms with Gasteiger partial charge in [0.15, 0.2) is 5.17 Å². The Morgan fingerprint density at radius 1 is 1.15 bits per heavy atom. The molecule has 1 saturated heterocycles. The predicted octanol–water partition coefficient (Wildman–Crippen LogP) is 4.72. The molecular weight excluding hydrogens is 363 g/mol. The van der Waals surface area contributed by atoms with Crippen LogP contribution < -0.4 is 4.74 Å². The molecule has 2 aromatic rings. The molecule has 27 heavy (non-hydrogen) atoms. The zero-order valence-electron chi connectivity index (χ0n) is 15.3. The molecule has 0 bridgehead atoms. The number of benzene rings is 2. The summed E-state index contributed by atoms with van der Waals surface area (Å²) in [6.07, 6.45) is 1.84. The lowest BCUT2D eigenvalue weighted by atomic mass is 10.1. The van der Waals surface area contributed by atoms with Gasteiger partial charge in [-0.15, -0.1) is 0 Å². The van der Waals surface area contributed by atoms with Gasteiger partial charge in [-0.1, -0.05) is 30.3 Å². The maximum Gasteiger partial charge on any atom is 0.266 e. The normalized spacial score (nSPS) is 17.1. The smallest absolute Gasteiger partial charge is 0.266 e. The van der Waals surface area contributed by atoms with E-state index in [-0.39, 0.29) is 11.7 Å². The highest BCUT2D eigenvalue weighted by molar-refractivity contribution is 8.18. The van der Waals surface area contributed by atoms with Gasteiger partial charge in [0.05, 0.1) is 4.91 Å². The first-order valence-corrected chi connectivity index (χ1v) is 9.66. The van der Waals surface area contributed by atoms with Gasteiger partial charge in [-0.2, -0.15) is 0 Å². The zero-order valence-corrected chi connectivity index (χ0v) is 16.1. The second kappa shape index (κ2) is 8.86. The molecule has 0 aromatic heterocycles. The highest BCUT2D eigenvalue weighted by Crippen LogP contribution is 2.34. The van der Waals surface area contributed by atoms with Gasteiger partial charge in [-0.25, -0.2) is 4.39 Å². The standard InChI is InChI=1S/C21H21FN2O2S/c1-3-23-21-24(4-2)20(25)19(27-21)13-16-7-5-6-8-18(16)26-14-15-9-11-17(22)12-10-15/h5-13H,3-4,14H2,1-2H3/b19-13+,23-21?. The second-order valence-electron chi connectivity index (χ2n) is 5.87. The lowest BCUT2D eigenvalue weighted by Gasteiger charge is -2.11. The van der Waals surface area contributed by atoms with Crippen LogP contribution in [0.3, 0.4) is 0 Å². The maximum absolute atomic E-state index is 13.0. The van der Waals surface area contributed by atoms with Crippen molar-refractivity contribution in [3.8, 4) is 5.75 Å². The van der Waals surface area contributed by atoms with E-state index in [1.54, 1.807) is 17.0 Å². The molecule has 3 rings (SSSR count). The van der Waals surface area contributed by atoms with E-state index in [2.05, 4.69) is 4.99 Å². The molecule has 2 aromatic carbocycles. The third kappa shape index (κ3) is 4.57. The minimum absolute atomic E-state index is 0.0389. The number of halogens is 1. The van der Waals surface area contributed by atoms with Gasteiger partial charge < -0.3 is 4.74 Å². The van der Waals surface area contributed by atoms with Crippen LogP contribution in [-0.2, 0) is 11.4 Å². The summed E-state index contributed by atoms with van der Waals surface area (Å²) in [7, 11) is 0. The van der Waals surface area contributed by atoms with Crippen LogP contribution in [0.5, 0.6) is 5.75 Å². The summed E-state index contributed by atoms with van der Waals surface area (Å²) in [5.74, 6) is 0.361. The summed E-state index contributed by atoms with van der Waals surface area (Å²) in [6, 6.07) is 13.8. The summed E-state index contributed by atoms with van der Waals surface area (Å²) in [6.45, 7) is 5.44. The Balaban J connectivity index is 1.81. The monoisotopic (exact) mass is 384 g/mol. The van der Waals surface area contributed by atoms with Gasteiger partial charge in [0.1, 0.15) is 18.2 Å². The molecule has 140 valence electrons. The first kappa shape index (κ1) is 19.2. The van der Waals surface area contributed by atoms with E-state index in [4.69, 9.17) is 4.74 Å². The van der Waals surface area contributed by atoms with Crippen molar-refractivity contribution >= 4 is 28.9 Å². The number of carbonyl (C=O) groups excluding carboxylic acids is 1. The number of nitrogens with zero attached hydrogens (tertiary/aromatic N) is 2. The number of aliphatic imine (C=N–C) groups is 1. The average Bonchev–Trinajstić information content (AvgIpc) is 2.97. The van der Waals surface area contributed by atoms with Crippen LogP contribution in [0.15, 0.2) is 58.4 Å². The summed E-state index contributed by atoms with van der Waals surface area (Å²) >= 11 is 1.39. The van der Waals surface area contributed by atoms with Gasteiger partial charge in [-0.3, -0.25) is 14.7 Å². The van der Waals surface area contributed by atoms with Crippen molar-refractivity contribution in [3.05, 3.63) is 70.4 Å². The van der Waals surface area contributed by atoms with E-state index in [0.29, 0.717) is 30.4 Å². The number of para-hydroxylation sites is 1. The van der Waals surface area contributed by atoms with Crippen LogP contribution in [0.2, 0.25) is 0 Å². The molecule has 0 atom stereocenters. The Morgan fingerprint density at radius 2 is 1.89 bits per heavy atom. The molecule has 1 aliphatic rings. The topological polar surface area (TPSA) is 41.9 Å².